The van der Waals surface area contributed by atoms with Crippen molar-refractivity contribution in [3.8, 4) is 0 Å². The average Bonchev–Trinajstić information content (AvgIpc) is 2.18. The number of halogens is 1. The molecule has 0 aromatic heterocycles. The molecule has 0 aliphatic rings. The highest BCUT2D eigenvalue weighted by Gasteiger charge is 1.96. The fraction of sp³-hybridized carbons (Fsp3) is 0.182. The van der Waals surface area contributed by atoms with Gasteiger partial charge in [0.15, 0.2) is 0 Å². The van der Waals surface area contributed by atoms with Gasteiger partial charge in [0.1, 0.15) is 0 Å². The molecule has 0 aliphatic carbocycles. The number of rotatable bonds is 4. The van der Waals surface area contributed by atoms with Gasteiger partial charge in [-0.2, -0.15) is 0 Å². The van der Waals surface area contributed by atoms with Crippen molar-refractivity contribution in [2.75, 3.05) is 17.2 Å². The fourth-order valence-electron chi connectivity index (χ4n) is 1.13. The summed E-state index contributed by atoms with van der Waals surface area (Å²) in [6, 6.07) is 7.50. The van der Waals surface area contributed by atoms with Crippen LogP contribution in [0, 0.1) is 0 Å². The summed E-state index contributed by atoms with van der Waals surface area (Å²) < 4.78 is 0. The summed E-state index contributed by atoms with van der Waals surface area (Å²) in [5, 5.41) is 5.85. The maximum absolute atomic E-state index is 10.8. The lowest BCUT2D eigenvalue weighted by molar-refractivity contribution is -0.114. The van der Waals surface area contributed by atoms with E-state index < -0.39 is 0 Å². The second-order valence-corrected chi connectivity index (χ2v) is 3.26. The van der Waals surface area contributed by atoms with E-state index in [0.29, 0.717) is 6.54 Å². The molecule has 0 atom stereocenters. The Morgan fingerprint density at radius 3 is 2.87 bits per heavy atom. The predicted molar refractivity (Wildman–Crippen MR) is 64.2 cm³/mol. The van der Waals surface area contributed by atoms with Crippen molar-refractivity contribution in [2.24, 2.45) is 0 Å². The Morgan fingerprint density at radius 2 is 2.20 bits per heavy atom. The molecule has 80 valence electrons. The minimum absolute atomic E-state index is 0.0761. The number of benzene rings is 1. The van der Waals surface area contributed by atoms with Gasteiger partial charge in [-0.3, -0.25) is 4.79 Å². The molecule has 0 fully saturated rings. The Hall–Kier alpha value is -1.48. The monoisotopic (exact) mass is 224 g/mol. The molecule has 0 aliphatic heterocycles. The van der Waals surface area contributed by atoms with Gasteiger partial charge in [-0.05, 0) is 18.2 Å². The lowest BCUT2D eigenvalue weighted by atomic mass is 10.2. The van der Waals surface area contributed by atoms with Gasteiger partial charge in [0, 0.05) is 30.4 Å². The van der Waals surface area contributed by atoms with Gasteiger partial charge in [0.25, 0.3) is 0 Å². The third-order valence-corrected chi connectivity index (χ3v) is 1.87. The van der Waals surface area contributed by atoms with E-state index in [1.165, 1.54) is 12.5 Å². The first-order valence-electron chi connectivity index (χ1n) is 4.59. The van der Waals surface area contributed by atoms with Crippen molar-refractivity contribution in [1.82, 2.24) is 0 Å². The van der Waals surface area contributed by atoms with Crippen LogP contribution in [-0.2, 0) is 4.79 Å². The Kier molecular flexibility index (Phi) is 4.71. The van der Waals surface area contributed by atoms with Crippen LogP contribution < -0.4 is 10.6 Å². The van der Waals surface area contributed by atoms with Crippen molar-refractivity contribution in [3.05, 3.63) is 35.9 Å². The van der Waals surface area contributed by atoms with E-state index >= 15 is 0 Å². The standard InChI is InChI=1S/C11H13ClN2O/c1-9(15)14-11-5-2-4-10(8-11)13-7-3-6-12/h2-6,8,13H,7H2,1H3,(H,14,15)/b6-3+. The van der Waals surface area contributed by atoms with Crippen LogP contribution in [-0.4, -0.2) is 12.5 Å². The normalized spacial score (nSPS) is 10.3. The molecule has 1 rings (SSSR count). The minimum atomic E-state index is -0.0761. The van der Waals surface area contributed by atoms with Gasteiger partial charge in [-0.1, -0.05) is 23.7 Å². The van der Waals surface area contributed by atoms with Crippen LogP contribution in [0.15, 0.2) is 35.9 Å². The molecule has 1 aromatic rings. The van der Waals surface area contributed by atoms with Crippen molar-refractivity contribution in [1.29, 1.82) is 0 Å². The van der Waals surface area contributed by atoms with E-state index in [9.17, 15) is 4.79 Å². The SMILES string of the molecule is CC(=O)Nc1cccc(NC/C=C/Cl)c1. The molecule has 4 heteroatoms. The minimum Gasteiger partial charge on any atom is -0.381 e. The Balaban J connectivity index is 2.61. The smallest absolute Gasteiger partial charge is 0.221 e. The van der Waals surface area contributed by atoms with Crippen molar-refractivity contribution >= 4 is 28.9 Å². The van der Waals surface area contributed by atoms with Crippen molar-refractivity contribution in [3.63, 3.8) is 0 Å². The average molecular weight is 225 g/mol. The molecular weight excluding hydrogens is 212 g/mol. The maximum atomic E-state index is 10.8. The van der Waals surface area contributed by atoms with E-state index in [1.807, 2.05) is 24.3 Å². The Labute approximate surface area is 94.1 Å². The molecule has 0 heterocycles. The molecule has 2 N–H and O–H groups in total. The molecule has 0 unspecified atom stereocenters. The number of carbonyl (C=O) groups excluding carboxylic acids is 1. The molecule has 3 nitrogen and oxygen atoms in total. The first kappa shape index (κ1) is 11.6. The van der Waals surface area contributed by atoms with Crippen LogP contribution in [0.4, 0.5) is 11.4 Å². The number of hydrogen-bond donors (Lipinski definition) is 2. The summed E-state index contributed by atoms with van der Waals surface area (Å²) in [5.74, 6) is -0.0761. The van der Waals surface area contributed by atoms with E-state index in [1.54, 1.807) is 6.08 Å². The number of carbonyl (C=O) groups is 1. The largest absolute Gasteiger partial charge is 0.381 e. The van der Waals surface area contributed by atoms with Crippen LogP contribution in [0.2, 0.25) is 0 Å². The summed E-state index contributed by atoms with van der Waals surface area (Å²) in [6.07, 6.45) is 1.80. The molecular formula is C11H13ClN2O. The van der Waals surface area contributed by atoms with Gasteiger partial charge in [-0.25, -0.2) is 0 Å². The second-order valence-electron chi connectivity index (χ2n) is 3.00. The highest BCUT2D eigenvalue weighted by molar-refractivity contribution is 6.25. The third-order valence-electron chi connectivity index (χ3n) is 1.70. The molecule has 0 saturated carbocycles. The van der Waals surface area contributed by atoms with Crippen LogP contribution in [0.1, 0.15) is 6.92 Å². The third kappa shape index (κ3) is 4.51. The predicted octanol–water partition coefficient (Wildman–Crippen LogP) is 2.81. The summed E-state index contributed by atoms with van der Waals surface area (Å²) >= 11 is 5.39. The highest BCUT2D eigenvalue weighted by Crippen LogP contribution is 2.14. The van der Waals surface area contributed by atoms with Crippen LogP contribution in [0.3, 0.4) is 0 Å². The van der Waals surface area contributed by atoms with Crippen molar-refractivity contribution in [2.45, 2.75) is 6.92 Å². The zero-order valence-corrected chi connectivity index (χ0v) is 9.21. The maximum Gasteiger partial charge on any atom is 0.221 e. The molecule has 0 bridgehead atoms. The zero-order chi connectivity index (χ0) is 11.1. The molecule has 0 spiro atoms. The van der Waals surface area contributed by atoms with Crippen LogP contribution in [0.25, 0.3) is 0 Å². The topological polar surface area (TPSA) is 41.1 Å². The Bertz CT molecular complexity index is 363. The molecule has 0 saturated heterocycles. The second kappa shape index (κ2) is 6.09. The van der Waals surface area contributed by atoms with Crippen LogP contribution >= 0.6 is 11.6 Å². The highest BCUT2D eigenvalue weighted by atomic mass is 35.5. The van der Waals surface area contributed by atoms with E-state index in [4.69, 9.17) is 11.6 Å². The van der Waals surface area contributed by atoms with Gasteiger partial charge in [0.05, 0.1) is 0 Å². The molecule has 1 aromatic carbocycles. The summed E-state index contributed by atoms with van der Waals surface area (Å²) in [6.45, 7) is 2.14. The summed E-state index contributed by atoms with van der Waals surface area (Å²) in [5.41, 5.74) is 3.18. The van der Waals surface area contributed by atoms with Gasteiger partial charge >= 0.3 is 0 Å². The lowest BCUT2D eigenvalue weighted by Crippen LogP contribution is -2.06. The summed E-state index contributed by atoms with van der Waals surface area (Å²) in [7, 11) is 0. The lowest BCUT2D eigenvalue weighted by Gasteiger charge is -2.06. The van der Waals surface area contributed by atoms with E-state index in [0.717, 1.165) is 11.4 Å². The van der Waals surface area contributed by atoms with Crippen molar-refractivity contribution < 1.29 is 4.79 Å². The zero-order valence-electron chi connectivity index (χ0n) is 8.46. The molecule has 0 radical (unpaired) electrons. The summed E-state index contributed by atoms with van der Waals surface area (Å²) in [4.78, 5) is 10.8. The quantitative estimate of drug-likeness (QED) is 0.826. The fourth-order valence-corrected chi connectivity index (χ4v) is 1.22. The van der Waals surface area contributed by atoms with Gasteiger partial charge in [0.2, 0.25) is 5.91 Å². The first-order chi connectivity index (χ1) is 7.22. The molecule has 15 heavy (non-hydrogen) atoms. The van der Waals surface area contributed by atoms with E-state index in [-0.39, 0.29) is 5.91 Å². The van der Waals surface area contributed by atoms with Gasteiger partial charge in [-0.15, -0.1) is 0 Å². The number of anilines is 2. The van der Waals surface area contributed by atoms with Crippen LogP contribution in [0.5, 0.6) is 0 Å². The number of nitrogens with one attached hydrogen (secondary N) is 2. The van der Waals surface area contributed by atoms with E-state index in [2.05, 4.69) is 10.6 Å². The number of amides is 1. The molecule has 1 amide bonds. The van der Waals surface area contributed by atoms with Gasteiger partial charge < -0.3 is 10.6 Å². The first-order valence-corrected chi connectivity index (χ1v) is 5.03. The number of hydrogen-bond acceptors (Lipinski definition) is 2. The Morgan fingerprint density at radius 1 is 1.47 bits per heavy atom.